The zero-order valence-corrected chi connectivity index (χ0v) is 12.9. The molecule has 0 unspecified atom stereocenters. The molecule has 0 bridgehead atoms. The smallest absolute Gasteiger partial charge is 0.274 e. The van der Waals surface area contributed by atoms with Crippen LogP contribution in [-0.2, 0) is 6.54 Å². The Labute approximate surface area is 127 Å². The van der Waals surface area contributed by atoms with E-state index in [1.54, 1.807) is 18.2 Å². The molecule has 0 aromatic heterocycles. The molecule has 2 rings (SSSR count). The van der Waals surface area contributed by atoms with Crippen molar-refractivity contribution in [2.75, 3.05) is 5.32 Å². The first-order valence-electron chi connectivity index (χ1n) is 5.49. The summed E-state index contributed by atoms with van der Waals surface area (Å²) in [5, 5.41) is 14.1. The fraction of sp³-hybridized carbons (Fsp3) is 0.0769. The van der Waals surface area contributed by atoms with Crippen LogP contribution in [0, 0.1) is 10.1 Å². The predicted molar refractivity (Wildman–Crippen MR) is 82.3 cm³/mol. The summed E-state index contributed by atoms with van der Waals surface area (Å²) in [5.41, 5.74) is 1.66. The molecule has 0 amide bonds. The first-order chi connectivity index (χ1) is 9.08. The minimum absolute atomic E-state index is 0.126. The Balaban J connectivity index is 2.19. The molecule has 2 aromatic carbocycles. The fourth-order valence-electron chi connectivity index (χ4n) is 1.66. The first-order valence-corrected chi connectivity index (χ1v) is 7.08. The number of rotatable bonds is 4. The van der Waals surface area contributed by atoms with E-state index < -0.39 is 0 Å². The van der Waals surface area contributed by atoms with E-state index in [-0.39, 0.29) is 10.6 Å². The number of anilines is 1. The summed E-state index contributed by atoms with van der Waals surface area (Å²) in [6, 6.07) is 12.4. The summed E-state index contributed by atoms with van der Waals surface area (Å²) in [6.45, 7) is 0.395. The van der Waals surface area contributed by atoms with Gasteiger partial charge in [-0.3, -0.25) is 10.1 Å². The summed E-state index contributed by atoms with van der Waals surface area (Å²) in [6.07, 6.45) is 0. The van der Waals surface area contributed by atoms with Gasteiger partial charge in [0.2, 0.25) is 0 Å². The zero-order valence-electron chi connectivity index (χ0n) is 9.77. The average molecular weight is 386 g/mol. The van der Waals surface area contributed by atoms with Crippen LogP contribution in [0.4, 0.5) is 11.4 Å². The van der Waals surface area contributed by atoms with E-state index in [0.717, 1.165) is 14.6 Å². The lowest BCUT2D eigenvalue weighted by Crippen LogP contribution is -2.03. The summed E-state index contributed by atoms with van der Waals surface area (Å²) in [5.74, 6) is 0. The quantitative estimate of drug-likeness (QED) is 0.611. The molecule has 0 aliphatic carbocycles. The number of nitro benzene ring substituents is 1. The monoisotopic (exact) mass is 384 g/mol. The standard InChI is InChI=1S/C13H10Br2N2O2/c14-10-5-6-11(15)12(7-10)16-8-9-3-1-2-4-13(9)17(18)19/h1-7,16H,8H2. The van der Waals surface area contributed by atoms with Crippen LogP contribution in [0.5, 0.6) is 0 Å². The van der Waals surface area contributed by atoms with Gasteiger partial charge >= 0.3 is 0 Å². The van der Waals surface area contributed by atoms with Crippen LogP contribution in [0.25, 0.3) is 0 Å². The SMILES string of the molecule is O=[N+]([O-])c1ccccc1CNc1cc(Br)ccc1Br. The molecule has 0 atom stereocenters. The minimum atomic E-state index is -0.368. The molecule has 98 valence electrons. The molecule has 4 nitrogen and oxygen atoms in total. The number of nitrogens with one attached hydrogen (secondary N) is 1. The molecular weight excluding hydrogens is 376 g/mol. The second-order valence-electron chi connectivity index (χ2n) is 3.86. The van der Waals surface area contributed by atoms with E-state index in [0.29, 0.717) is 12.1 Å². The summed E-state index contributed by atoms with van der Waals surface area (Å²) in [4.78, 5) is 10.5. The Bertz CT molecular complexity index is 617. The van der Waals surface area contributed by atoms with Gasteiger partial charge in [-0.1, -0.05) is 34.1 Å². The Hall–Kier alpha value is -1.40. The molecule has 0 saturated heterocycles. The van der Waals surface area contributed by atoms with Crippen molar-refractivity contribution in [3.05, 3.63) is 67.1 Å². The van der Waals surface area contributed by atoms with Crippen molar-refractivity contribution >= 4 is 43.2 Å². The molecule has 0 heterocycles. The second-order valence-corrected chi connectivity index (χ2v) is 5.63. The van der Waals surface area contributed by atoms with E-state index in [2.05, 4.69) is 37.2 Å². The fourth-order valence-corrected chi connectivity index (χ4v) is 2.41. The molecule has 19 heavy (non-hydrogen) atoms. The lowest BCUT2D eigenvalue weighted by molar-refractivity contribution is -0.385. The van der Waals surface area contributed by atoms with Crippen molar-refractivity contribution in [2.24, 2.45) is 0 Å². The molecule has 0 spiro atoms. The maximum absolute atomic E-state index is 10.9. The molecular formula is C13H10Br2N2O2. The molecule has 0 aliphatic heterocycles. The average Bonchev–Trinajstić information content (AvgIpc) is 2.40. The number of halogens is 2. The van der Waals surface area contributed by atoms with Crippen LogP contribution in [0.1, 0.15) is 5.56 Å². The van der Waals surface area contributed by atoms with Crippen molar-refractivity contribution in [3.8, 4) is 0 Å². The van der Waals surface area contributed by atoms with E-state index in [9.17, 15) is 10.1 Å². The second kappa shape index (κ2) is 6.16. The van der Waals surface area contributed by atoms with Gasteiger partial charge in [0, 0.05) is 32.8 Å². The lowest BCUT2D eigenvalue weighted by atomic mass is 10.2. The van der Waals surface area contributed by atoms with E-state index >= 15 is 0 Å². The van der Waals surface area contributed by atoms with Crippen LogP contribution in [0.2, 0.25) is 0 Å². The van der Waals surface area contributed by atoms with Crippen molar-refractivity contribution in [1.29, 1.82) is 0 Å². The Morgan fingerprint density at radius 1 is 1.16 bits per heavy atom. The minimum Gasteiger partial charge on any atom is -0.380 e. The highest BCUT2D eigenvalue weighted by molar-refractivity contribution is 9.11. The Morgan fingerprint density at radius 2 is 1.89 bits per heavy atom. The number of benzene rings is 2. The number of hydrogen-bond donors (Lipinski definition) is 1. The number of nitrogens with zero attached hydrogens (tertiary/aromatic N) is 1. The largest absolute Gasteiger partial charge is 0.380 e. The van der Waals surface area contributed by atoms with Gasteiger partial charge in [0.25, 0.3) is 5.69 Å². The summed E-state index contributed by atoms with van der Waals surface area (Å²) in [7, 11) is 0. The number of nitro groups is 1. The third-order valence-electron chi connectivity index (χ3n) is 2.59. The van der Waals surface area contributed by atoms with Crippen LogP contribution in [0.3, 0.4) is 0 Å². The van der Waals surface area contributed by atoms with Gasteiger partial charge in [-0.2, -0.15) is 0 Å². The topological polar surface area (TPSA) is 55.2 Å². The highest BCUT2D eigenvalue weighted by atomic mass is 79.9. The molecule has 0 aliphatic rings. The maximum Gasteiger partial charge on any atom is 0.274 e. The predicted octanol–water partition coefficient (Wildman–Crippen LogP) is 4.73. The van der Waals surface area contributed by atoms with E-state index in [1.807, 2.05) is 18.2 Å². The van der Waals surface area contributed by atoms with E-state index in [4.69, 9.17) is 0 Å². The third kappa shape index (κ3) is 3.54. The van der Waals surface area contributed by atoms with Crippen LogP contribution in [0.15, 0.2) is 51.4 Å². The van der Waals surface area contributed by atoms with Crippen LogP contribution in [-0.4, -0.2) is 4.92 Å². The van der Waals surface area contributed by atoms with Crippen molar-refractivity contribution in [3.63, 3.8) is 0 Å². The third-order valence-corrected chi connectivity index (χ3v) is 3.77. The lowest BCUT2D eigenvalue weighted by Gasteiger charge is -2.09. The molecule has 0 fully saturated rings. The Kier molecular flexibility index (Phi) is 4.55. The van der Waals surface area contributed by atoms with Gasteiger partial charge in [0.1, 0.15) is 0 Å². The normalized spacial score (nSPS) is 10.2. The molecule has 0 radical (unpaired) electrons. The van der Waals surface area contributed by atoms with Crippen molar-refractivity contribution in [2.45, 2.75) is 6.54 Å². The van der Waals surface area contributed by atoms with Gasteiger partial charge in [-0.15, -0.1) is 0 Å². The Morgan fingerprint density at radius 3 is 2.63 bits per heavy atom. The van der Waals surface area contributed by atoms with Gasteiger partial charge in [-0.25, -0.2) is 0 Å². The van der Waals surface area contributed by atoms with Crippen molar-refractivity contribution in [1.82, 2.24) is 0 Å². The van der Waals surface area contributed by atoms with Crippen LogP contribution < -0.4 is 5.32 Å². The van der Waals surface area contributed by atoms with Gasteiger partial charge < -0.3 is 5.32 Å². The van der Waals surface area contributed by atoms with Gasteiger partial charge in [-0.05, 0) is 34.1 Å². The molecule has 1 N–H and O–H groups in total. The summed E-state index contributed by atoms with van der Waals surface area (Å²) >= 11 is 6.83. The van der Waals surface area contributed by atoms with E-state index in [1.165, 1.54) is 6.07 Å². The highest BCUT2D eigenvalue weighted by Gasteiger charge is 2.12. The first kappa shape index (κ1) is 14.0. The maximum atomic E-state index is 10.9. The molecule has 2 aromatic rings. The number of para-hydroxylation sites is 1. The van der Waals surface area contributed by atoms with Crippen molar-refractivity contribution < 1.29 is 4.92 Å². The highest BCUT2D eigenvalue weighted by Crippen LogP contribution is 2.27. The molecule has 6 heteroatoms. The molecule has 0 saturated carbocycles. The zero-order chi connectivity index (χ0) is 13.8. The number of hydrogen-bond acceptors (Lipinski definition) is 3. The summed E-state index contributed by atoms with van der Waals surface area (Å²) < 4.78 is 1.86. The van der Waals surface area contributed by atoms with Crippen LogP contribution >= 0.6 is 31.9 Å². The van der Waals surface area contributed by atoms with Gasteiger partial charge in [0.05, 0.1) is 4.92 Å². The van der Waals surface area contributed by atoms with Gasteiger partial charge in [0.15, 0.2) is 0 Å².